The van der Waals surface area contributed by atoms with Gasteiger partial charge in [0.15, 0.2) is 0 Å². The first kappa shape index (κ1) is 25.8. The summed E-state index contributed by atoms with van der Waals surface area (Å²) in [7, 11) is 1.55. The molecule has 0 unspecified atom stereocenters. The Morgan fingerprint density at radius 3 is 2.53 bits per heavy atom. The van der Waals surface area contributed by atoms with Crippen molar-refractivity contribution >= 4 is 29.2 Å². The fourth-order valence-electron chi connectivity index (χ4n) is 4.27. The molecule has 1 saturated heterocycles. The molecule has 1 aromatic heterocycles. The molecular formula is C26H31ClN6O3. The van der Waals surface area contributed by atoms with E-state index in [1.807, 2.05) is 31.2 Å². The fourth-order valence-corrected chi connectivity index (χ4v) is 4.51. The summed E-state index contributed by atoms with van der Waals surface area (Å²) in [5.41, 5.74) is 4.73. The van der Waals surface area contributed by atoms with Crippen LogP contribution in [0.15, 0.2) is 48.8 Å². The molecule has 2 aromatic carbocycles. The number of carbonyl (C=O) groups is 2. The van der Waals surface area contributed by atoms with Crippen LogP contribution in [-0.2, 0) is 6.54 Å². The number of aliphatic hydroxyl groups excluding tert-OH is 1. The Hall–Kier alpha value is -3.24. The molecule has 0 radical (unpaired) electrons. The second-order valence-electron chi connectivity index (χ2n) is 8.86. The number of benzene rings is 2. The minimum atomic E-state index is -0.326. The predicted octanol–water partition coefficient (Wildman–Crippen LogP) is 3.06. The van der Waals surface area contributed by atoms with Crippen molar-refractivity contribution in [1.82, 2.24) is 24.9 Å². The van der Waals surface area contributed by atoms with Crippen LogP contribution >= 0.6 is 11.6 Å². The summed E-state index contributed by atoms with van der Waals surface area (Å²) in [4.78, 5) is 29.4. The molecule has 1 fully saturated rings. The number of β-amino-alcohol motifs (C(OH)–C–C–N with tert-alkyl or cyclic N) is 1. The van der Waals surface area contributed by atoms with Crippen molar-refractivity contribution in [3.63, 3.8) is 0 Å². The highest BCUT2D eigenvalue weighted by Gasteiger charge is 2.18. The Morgan fingerprint density at radius 1 is 1.08 bits per heavy atom. The van der Waals surface area contributed by atoms with Crippen molar-refractivity contribution in [3.05, 3.63) is 70.5 Å². The van der Waals surface area contributed by atoms with E-state index in [1.165, 1.54) is 4.68 Å². The number of aliphatic hydroxyl groups is 1. The lowest BCUT2D eigenvalue weighted by atomic mass is 10.0. The molecule has 9 nitrogen and oxygen atoms in total. The summed E-state index contributed by atoms with van der Waals surface area (Å²) in [5, 5.41) is 19.2. The molecule has 1 aliphatic heterocycles. The number of piperazine rings is 1. The van der Waals surface area contributed by atoms with Crippen LogP contribution < -0.4 is 10.6 Å². The van der Waals surface area contributed by atoms with Gasteiger partial charge in [0.1, 0.15) is 0 Å². The SMILES string of the molecule is CNC(=O)n1cc(-c2cc(NC(=O)c3ccc(CN4CCN(CCO)CC4)c(Cl)c3)ccc2C)cn1. The van der Waals surface area contributed by atoms with Crippen LogP contribution in [0.1, 0.15) is 21.5 Å². The van der Waals surface area contributed by atoms with Crippen molar-refractivity contribution in [2.24, 2.45) is 0 Å². The number of rotatable bonds is 7. The highest BCUT2D eigenvalue weighted by molar-refractivity contribution is 6.31. The molecule has 2 heterocycles. The number of hydrogen-bond donors (Lipinski definition) is 3. The maximum absolute atomic E-state index is 13.0. The molecule has 0 saturated carbocycles. The van der Waals surface area contributed by atoms with Gasteiger partial charge in [-0.25, -0.2) is 4.79 Å². The smallest absolute Gasteiger partial charge is 0.341 e. The van der Waals surface area contributed by atoms with Gasteiger partial charge in [-0.05, 0) is 47.9 Å². The topological polar surface area (TPSA) is 103 Å². The van der Waals surface area contributed by atoms with E-state index in [0.29, 0.717) is 22.8 Å². The first-order valence-electron chi connectivity index (χ1n) is 11.9. The van der Waals surface area contributed by atoms with Crippen molar-refractivity contribution < 1.29 is 14.7 Å². The van der Waals surface area contributed by atoms with Gasteiger partial charge in [-0.15, -0.1) is 0 Å². The summed E-state index contributed by atoms with van der Waals surface area (Å²) in [6.45, 7) is 7.24. The number of aryl methyl sites for hydroxylation is 1. The van der Waals surface area contributed by atoms with Gasteiger partial charge in [0.05, 0.1) is 12.8 Å². The lowest BCUT2D eigenvalue weighted by molar-refractivity contribution is 0.102. The highest BCUT2D eigenvalue weighted by Crippen LogP contribution is 2.27. The molecule has 4 rings (SSSR count). The van der Waals surface area contributed by atoms with Crippen LogP contribution in [-0.4, -0.2) is 83.0 Å². The number of nitrogens with zero attached hydrogens (tertiary/aromatic N) is 4. The number of nitrogens with one attached hydrogen (secondary N) is 2. The zero-order valence-electron chi connectivity index (χ0n) is 20.5. The normalized spacial score (nSPS) is 14.6. The number of carbonyl (C=O) groups excluding carboxylic acids is 2. The molecule has 3 aromatic rings. The van der Waals surface area contributed by atoms with Gasteiger partial charge in [-0.3, -0.25) is 14.6 Å². The monoisotopic (exact) mass is 510 g/mol. The number of anilines is 1. The number of halogens is 1. The Morgan fingerprint density at radius 2 is 1.83 bits per heavy atom. The van der Waals surface area contributed by atoms with Crippen molar-refractivity contribution in [2.45, 2.75) is 13.5 Å². The second-order valence-corrected chi connectivity index (χ2v) is 9.27. The van der Waals surface area contributed by atoms with Crippen LogP contribution in [0.5, 0.6) is 0 Å². The molecule has 36 heavy (non-hydrogen) atoms. The van der Waals surface area contributed by atoms with Gasteiger partial charge >= 0.3 is 6.03 Å². The Labute approximate surface area is 215 Å². The van der Waals surface area contributed by atoms with E-state index in [2.05, 4.69) is 25.5 Å². The van der Waals surface area contributed by atoms with E-state index in [9.17, 15) is 9.59 Å². The van der Waals surface area contributed by atoms with Crippen LogP contribution in [0.2, 0.25) is 5.02 Å². The van der Waals surface area contributed by atoms with Gasteiger partial charge in [0.25, 0.3) is 5.91 Å². The van der Waals surface area contributed by atoms with E-state index in [4.69, 9.17) is 16.7 Å². The van der Waals surface area contributed by atoms with E-state index >= 15 is 0 Å². The Kier molecular flexibility index (Phi) is 8.37. The van der Waals surface area contributed by atoms with Gasteiger partial charge in [0.2, 0.25) is 0 Å². The van der Waals surface area contributed by atoms with E-state index in [0.717, 1.165) is 55.0 Å². The number of hydrogen-bond acceptors (Lipinski definition) is 6. The van der Waals surface area contributed by atoms with Gasteiger partial charge < -0.3 is 15.7 Å². The molecule has 0 aliphatic carbocycles. The first-order chi connectivity index (χ1) is 17.4. The van der Waals surface area contributed by atoms with E-state index in [1.54, 1.807) is 31.6 Å². The minimum Gasteiger partial charge on any atom is -0.395 e. The van der Waals surface area contributed by atoms with Crippen molar-refractivity contribution in [1.29, 1.82) is 0 Å². The third-order valence-corrected chi connectivity index (χ3v) is 6.75. The number of aromatic nitrogens is 2. The summed E-state index contributed by atoms with van der Waals surface area (Å²) in [5.74, 6) is -0.253. The first-order valence-corrected chi connectivity index (χ1v) is 12.3. The number of amides is 2. The van der Waals surface area contributed by atoms with Crippen LogP contribution in [0.4, 0.5) is 10.5 Å². The van der Waals surface area contributed by atoms with Crippen LogP contribution in [0.3, 0.4) is 0 Å². The van der Waals surface area contributed by atoms with Crippen LogP contribution in [0, 0.1) is 6.92 Å². The molecule has 3 N–H and O–H groups in total. The molecule has 0 atom stereocenters. The summed E-state index contributed by atoms with van der Waals surface area (Å²) in [6.07, 6.45) is 3.27. The molecule has 190 valence electrons. The van der Waals surface area contributed by atoms with Crippen molar-refractivity contribution in [2.75, 3.05) is 51.7 Å². The highest BCUT2D eigenvalue weighted by atomic mass is 35.5. The van der Waals surface area contributed by atoms with E-state index < -0.39 is 0 Å². The third kappa shape index (κ3) is 6.11. The lowest BCUT2D eigenvalue weighted by Crippen LogP contribution is -2.46. The maximum Gasteiger partial charge on any atom is 0.341 e. The summed E-state index contributed by atoms with van der Waals surface area (Å²) >= 11 is 6.55. The molecule has 2 amide bonds. The molecule has 10 heteroatoms. The largest absolute Gasteiger partial charge is 0.395 e. The maximum atomic E-state index is 13.0. The van der Waals surface area contributed by atoms with Gasteiger partial charge in [-0.2, -0.15) is 9.78 Å². The lowest BCUT2D eigenvalue weighted by Gasteiger charge is -2.34. The quantitative estimate of drug-likeness (QED) is 0.451. The average Bonchev–Trinajstić information content (AvgIpc) is 3.37. The van der Waals surface area contributed by atoms with Gasteiger partial charge in [0, 0.05) is 74.3 Å². The Bertz CT molecular complexity index is 1240. The van der Waals surface area contributed by atoms with Crippen LogP contribution in [0.25, 0.3) is 11.1 Å². The minimum absolute atomic E-state index is 0.182. The second kappa shape index (κ2) is 11.7. The van der Waals surface area contributed by atoms with E-state index in [-0.39, 0.29) is 18.5 Å². The Balaban J connectivity index is 1.42. The molecule has 0 bridgehead atoms. The molecule has 0 spiro atoms. The average molecular weight is 511 g/mol. The predicted molar refractivity (Wildman–Crippen MR) is 140 cm³/mol. The van der Waals surface area contributed by atoms with Crippen molar-refractivity contribution in [3.8, 4) is 11.1 Å². The molecule has 1 aliphatic rings. The summed E-state index contributed by atoms with van der Waals surface area (Å²) < 4.78 is 1.23. The molecular weight excluding hydrogens is 480 g/mol. The zero-order chi connectivity index (χ0) is 25.7. The fraction of sp³-hybridized carbons (Fsp3) is 0.346. The third-order valence-electron chi connectivity index (χ3n) is 6.40. The zero-order valence-corrected chi connectivity index (χ0v) is 21.3. The standard InChI is InChI=1S/C26H31ClN6O3/c1-18-3-6-22(14-23(18)21-15-29-33(17-21)26(36)28-2)30-25(35)19-4-5-20(24(27)13-19)16-32-9-7-31(8-10-32)11-12-34/h3-6,13-15,17,34H,7-12,16H2,1-2H3,(H,28,36)(H,30,35). The summed E-state index contributed by atoms with van der Waals surface area (Å²) in [6, 6.07) is 10.7. The van der Waals surface area contributed by atoms with Gasteiger partial charge in [-0.1, -0.05) is 23.7 Å².